The van der Waals surface area contributed by atoms with Gasteiger partial charge in [0.15, 0.2) is 0 Å². The van der Waals surface area contributed by atoms with Crippen LogP contribution in [0.15, 0.2) is 53.4 Å². The van der Waals surface area contributed by atoms with Crippen LogP contribution in [0, 0.1) is 0 Å². The molecule has 0 aliphatic carbocycles. The zero-order chi connectivity index (χ0) is 16.9. The topological polar surface area (TPSA) is 64.6 Å². The van der Waals surface area contributed by atoms with Gasteiger partial charge in [-0.1, -0.05) is 12.1 Å². The maximum atomic E-state index is 12.2. The maximum absolute atomic E-state index is 12.2. The van der Waals surface area contributed by atoms with Crippen LogP contribution in [0.25, 0.3) is 0 Å². The van der Waals surface area contributed by atoms with E-state index in [1.807, 2.05) is 38.1 Å². The van der Waals surface area contributed by atoms with Crippen LogP contribution in [0.1, 0.15) is 19.4 Å². The van der Waals surface area contributed by atoms with Crippen molar-refractivity contribution >= 4 is 10.0 Å². The van der Waals surface area contributed by atoms with Gasteiger partial charge >= 0.3 is 0 Å². The molecule has 0 amide bonds. The molecule has 0 bridgehead atoms. The van der Waals surface area contributed by atoms with E-state index in [1.54, 1.807) is 12.1 Å². The van der Waals surface area contributed by atoms with E-state index in [0.29, 0.717) is 5.75 Å². The number of hydrogen-bond donors (Lipinski definition) is 1. The third kappa shape index (κ3) is 4.97. The second-order valence-corrected chi connectivity index (χ2v) is 7.08. The Morgan fingerprint density at radius 1 is 0.957 bits per heavy atom. The van der Waals surface area contributed by atoms with Crippen LogP contribution in [-0.4, -0.2) is 21.6 Å². The highest BCUT2D eigenvalue weighted by molar-refractivity contribution is 7.89. The minimum Gasteiger partial charge on any atom is -0.497 e. The first-order chi connectivity index (χ1) is 10.9. The molecule has 0 saturated carbocycles. The van der Waals surface area contributed by atoms with Crippen molar-refractivity contribution in [2.45, 2.75) is 31.4 Å². The van der Waals surface area contributed by atoms with Crippen molar-refractivity contribution < 1.29 is 17.9 Å². The lowest BCUT2D eigenvalue weighted by Gasteiger charge is -2.11. The molecule has 5 nitrogen and oxygen atoms in total. The molecule has 0 aromatic heterocycles. The monoisotopic (exact) mass is 335 g/mol. The Morgan fingerprint density at radius 3 is 2.04 bits per heavy atom. The molecule has 0 aliphatic heterocycles. The van der Waals surface area contributed by atoms with E-state index >= 15 is 0 Å². The number of hydrogen-bond acceptors (Lipinski definition) is 4. The number of methoxy groups -OCH3 is 1. The summed E-state index contributed by atoms with van der Waals surface area (Å²) in [6.45, 7) is 4.13. The lowest BCUT2D eigenvalue weighted by Crippen LogP contribution is -2.23. The molecule has 2 aromatic rings. The fraction of sp³-hybridized carbons (Fsp3) is 0.294. The van der Waals surface area contributed by atoms with Crippen molar-refractivity contribution in [2.75, 3.05) is 7.11 Å². The molecule has 6 heteroatoms. The molecular weight excluding hydrogens is 314 g/mol. The lowest BCUT2D eigenvalue weighted by molar-refractivity contribution is 0.242. The Morgan fingerprint density at radius 2 is 1.52 bits per heavy atom. The molecule has 23 heavy (non-hydrogen) atoms. The second-order valence-electron chi connectivity index (χ2n) is 5.31. The molecule has 1 N–H and O–H groups in total. The van der Waals surface area contributed by atoms with Crippen molar-refractivity contribution in [2.24, 2.45) is 0 Å². The normalized spacial score (nSPS) is 11.5. The minimum atomic E-state index is -3.55. The fourth-order valence-corrected chi connectivity index (χ4v) is 2.99. The fourth-order valence-electron chi connectivity index (χ4n) is 1.97. The van der Waals surface area contributed by atoms with Crippen LogP contribution in [0.5, 0.6) is 11.5 Å². The largest absolute Gasteiger partial charge is 0.497 e. The van der Waals surface area contributed by atoms with Crippen LogP contribution in [0.3, 0.4) is 0 Å². The minimum absolute atomic E-state index is 0.106. The number of sulfonamides is 1. The van der Waals surface area contributed by atoms with Crippen molar-refractivity contribution in [1.29, 1.82) is 0 Å². The summed E-state index contributed by atoms with van der Waals surface area (Å²) in [5.41, 5.74) is 0.859. The van der Waals surface area contributed by atoms with Gasteiger partial charge in [-0.15, -0.1) is 0 Å². The van der Waals surface area contributed by atoms with Crippen LogP contribution in [0.2, 0.25) is 0 Å². The van der Waals surface area contributed by atoms with Gasteiger partial charge < -0.3 is 9.47 Å². The van der Waals surface area contributed by atoms with Gasteiger partial charge in [-0.2, -0.15) is 0 Å². The van der Waals surface area contributed by atoms with Gasteiger partial charge in [0, 0.05) is 6.54 Å². The van der Waals surface area contributed by atoms with Crippen LogP contribution in [-0.2, 0) is 16.6 Å². The van der Waals surface area contributed by atoms with Crippen LogP contribution in [0.4, 0.5) is 0 Å². The first kappa shape index (κ1) is 17.3. The van der Waals surface area contributed by atoms with Gasteiger partial charge in [0.25, 0.3) is 0 Å². The number of rotatable bonds is 7. The highest BCUT2D eigenvalue weighted by Crippen LogP contribution is 2.17. The van der Waals surface area contributed by atoms with E-state index < -0.39 is 10.0 Å². The quantitative estimate of drug-likeness (QED) is 0.845. The summed E-state index contributed by atoms with van der Waals surface area (Å²) >= 11 is 0. The zero-order valence-corrected chi connectivity index (χ0v) is 14.3. The van der Waals surface area contributed by atoms with E-state index in [1.165, 1.54) is 19.2 Å². The van der Waals surface area contributed by atoms with Crippen molar-refractivity contribution in [3.05, 3.63) is 54.1 Å². The molecule has 0 spiro atoms. The van der Waals surface area contributed by atoms with Crippen LogP contribution < -0.4 is 14.2 Å². The number of benzene rings is 2. The summed E-state index contributed by atoms with van der Waals surface area (Å²) < 4.78 is 37.6. The molecule has 124 valence electrons. The third-order valence-corrected chi connectivity index (χ3v) is 4.55. The predicted octanol–water partition coefficient (Wildman–Crippen LogP) is 2.96. The molecule has 0 fully saturated rings. The Bertz CT molecular complexity index is 722. The average molecular weight is 335 g/mol. The maximum Gasteiger partial charge on any atom is 0.240 e. The number of nitrogens with one attached hydrogen (secondary N) is 1. The Hall–Kier alpha value is -2.05. The molecule has 2 rings (SSSR count). The molecule has 0 saturated heterocycles. The Balaban J connectivity index is 2.00. The molecular formula is C17H21NO4S. The summed E-state index contributed by atoms with van der Waals surface area (Å²) in [5.74, 6) is 1.38. The SMILES string of the molecule is COc1ccc(S(=O)(=O)NCc2ccc(OC(C)C)cc2)cc1. The van der Waals surface area contributed by atoms with Gasteiger partial charge in [0.05, 0.1) is 18.1 Å². The molecule has 0 heterocycles. The van der Waals surface area contributed by atoms with Gasteiger partial charge in [0.2, 0.25) is 10.0 Å². The zero-order valence-electron chi connectivity index (χ0n) is 13.4. The summed E-state index contributed by atoms with van der Waals surface area (Å²) in [7, 11) is -2.01. The van der Waals surface area contributed by atoms with Crippen LogP contribution >= 0.6 is 0 Å². The molecule has 0 aliphatic rings. The van der Waals surface area contributed by atoms with E-state index in [0.717, 1.165) is 11.3 Å². The van der Waals surface area contributed by atoms with Gasteiger partial charge in [0.1, 0.15) is 11.5 Å². The van der Waals surface area contributed by atoms with E-state index in [2.05, 4.69) is 4.72 Å². The van der Waals surface area contributed by atoms with E-state index in [-0.39, 0.29) is 17.5 Å². The standard InChI is InChI=1S/C17H21NO4S/c1-13(2)22-16-6-4-14(5-7-16)12-18-23(19,20)17-10-8-15(21-3)9-11-17/h4-11,13,18H,12H2,1-3H3. The average Bonchev–Trinajstić information content (AvgIpc) is 2.54. The van der Waals surface area contributed by atoms with E-state index in [4.69, 9.17) is 9.47 Å². The Labute approximate surface area is 137 Å². The Kier molecular flexibility index (Phi) is 5.63. The first-order valence-corrected chi connectivity index (χ1v) is 8.78. The van der Waals surface area contributed by atoms with Crippen molar-refractivity contribution in [3.63, 3.8) is 0 Å². The predicted molar refractivity (Wildman–Crippen MR) is 89.2 cm³/mol. The lowest BCUT2D eigenvalue weighted by atomic mass is 10.2. The molecule has 2 aromatic carbocycles. The van der Waals surface area contributed by atoms with Crippen molar-refractivity contribution in [3.8, 4) is 11.5 Å². The van der Waals surface area contributed by atoms with Gasteiger partial charge in [-0.3, -0.25) is 0 Å². The molecule has 0 radical (unpaired) electrons. The van der Waals surface area contributed by atoms with Crippen molar-refractivity contribution in [1.82, 2.24) is 4.72 Å². The van der Waals surface area contributed by atoms with Gasteiger partial charge in [-0.25, -0.2) is 13.1 Å². The summed E-state index contributed by atoms with van der Waals surface area (Å²) in [5, 5.41) is 0. The highest BCUT2D eigenvalue weighted by atomic mass is 32.2. The summed E-state index contributed by atoms with van der Waals surface area (Å²) in [6, 6.07) is 13.6. The van der Waals surface area contributed by atoms with E-state index in [9.17, 15) is 8.42 Å². The molecule has 0 atom stereocenters. The first-order valence-electron chi connectivity index (χ1n) is 7.30. The second kappa shape index (κ2) is 7.48. The smallest absolute Gasteiger partial charge is 0.240 e. The number of ether oxygens (including phenoxy) is 2. The molecule has 0 unspecified atom stereocenters. The van der Waals surface area contributed by atoms with Gasteiger partial charge in [-0.05, 0) is 55.8 Å². The third-order valence-electron chi connectivity index (χ3n) is 3.13. The highest BCUT2D eigenvalue weighted by Gasteiger charge is 2.13. The summed E-state index contributed by atoms with van der Waals surface area (Å²) in [6.07, 6.45) is 0.106. The summed E-state index contributed by atoms with van der Waals surface area (Å²) in [4.78, 5) is 0.207.